The molecule has 1 N–H and O–H groups in total. The Kier molecular flexibility index (Phi) is 3.73. The van der Waals surface area contributed by atoms with Crippen LogP contribution in [0.5, 0.6) is 0 Å². The SMILES string of the molecule is Cc1nc2c(c(=O)[nH]1)CN(Cc1ccc(C#N)c(F)c1)CC2. The lowest BCUT2D eigenvalue weighted by Crippen LogP contribution is -2.35. The Labute approximate surface area is 127 Å². The second-order valence-electron chi connectivity index (χ2n) is 5.46. The third-order valence-electron chi connectivity index (χ3n) is 3.83. The van der Waals surface area contributed by atoms with Gasteiger partial charge in [-0.25, -0.2) is 9.37 Å². The van der Waals surface area contributed by atoms with Crippen LogP contribution in [0.3, 0.4) is 0 Å². The average molecular weight is 298 g/mol. The molecule has 1 aliphatic heterocycles. The van der Waals surface area contributed by atoms with Gasteiger partial charge in [0.1, 0.15) is 17.7 Å². The zero-order valence-electron chi connectivity index (χ0n) is 12.2. The van der Waals surface area contributed by atoms with E-state index in [-0.39, 0.29) is 11.1 Å². The molecule has 0 spiro atoms. The Morgan fingerprint density at radius 3 is 3.05 bits per heavy atom. The minimum atomic E-state index is -0.507. The molecule has 0 bridgehead atoms. The molecular weight excluding hydrogens is 283 g/mol. The number of aromatic amines is 1. The van der Waals surface area contributed by atoms with Crippen LogP contribution in [0.15, 0.2) is 23.0 Å². The second-order valence-corrected chi connectivity index (χ2v) is 5.46. The molecule has 5 nitrogen and oxygen atoms in total. The predicted molar refractivity (Wildman–Crippen MR) is 78.5 cm³/mol. The maximum absolute atomic E-state index is 13.6. The molecule has 0 radical (unpaired) electrons. The normalized spacial score (nSPS) is 14.4. The summed E-state index contributed by atoms with van der Waals surface area (Å²) in [5.74, 6) is 0.124. The van der Waals surface area contributed by atoms with Gasteiger partial charge >= 0.3 is 0 Å². The predicted octanol–water partition coefficient (Wildman–Crippen LogP) is 1.65. The summed E-state index contributed by atoms with van der Waals surface area (Å²) in [5.41, 5.74) is 2.27. The van der Waals surface area contributed by atoms with Gasteiger partial charge in [0.05, 0.1) is 16.8 Å². The van der Waals surface area contributed by atoms with Gasteiger partial charge in [-0.15, -0.1) is 0 Å². The van der Waals surface area contributed by atoms with E-state index in [0.717, 1.165) is 17.8 Å². The zero-order valence-corrected chi connectivity index (χ0v) is 12.2. The van der Waals surface area contributed by atoms with E-state index in [0.29, 0.717) is 30.9 Å². The Bertz CT molecular complexity index is 822. The summed E-state index contributed by atoms with van der Waals surface area (Å²) in [4.78, 5) is 21.2. The first-order chi connectivity index (χ1) is 10.6. The van der Waals surface area contributed by atoms with Gasteiger partial charge in [-0.05, 0) is 24.6 Å². The van der Waals surface area contributed by atoms with E-state index < -0.39 is 5.82 Å². The highest BCUT2D eigenvalue weighted by Crippen LogP contribution is 2.17. The molecule has 1 aliphatic rings. The average Bonchev–Trinajstić information content (AvgIpc) is 2.48. The number of aromatic nitrogens is 2. The number of H-pyrrole nitrogens is 1. The van der Waals surface area contributed by atoms with E-state index in [9.17, 15) is 9.18 Å². The number of nitrogens with one attached hydrogen (secondary N) is 1. The highest BCUT2D eigenvalue weighted by molar-refractivity contribution is 5.33. The number of benzene rings is 1. The van der Waals surface area contributed by atoms with Crippen molar-refractivity contribution in [2.75, 3.05) is 6.54 Å². The molecule has 0 saturated heterocycles. The lowest BCUT2D eigenvalue weighted by molar-refractivity contribution is 0.241. The lowest BCUT2D eigenvalue weighted by Gasteiger charge is -2.27. The third-order valence-corrected chi connectivity index (χ3v) is 3.83. The summed E-state index contributed by atoms with van der Waals surface area (Å²) in [6.45, 7) is 3.58. The Hall–Kier alpha value is -2.52. The quantitative estimate of drug-likeness (QED) is 0.915. The monoisotopic (exact) mass is 298 g/mol. The van der Waals surface area contributed by atoms with Gasteiger partial charge in [-0.1, -0.05) is 6.07 Å². The molecule has 0 fully saturated rings. The van der Waals surface area contributed by atoms with Crippen LogP contribution < -0.4 is 5.56 Å². The van der Waals surface area contributed by atoms with Crippen molar-refractivity contribution in [3.8, 4) is 6.07 Å². The Morgan fingerprint density at radius 2 is 2.32 bits per heavy atom. The summed E-state index contributed by atoms with van der Waals surface area (Å²) in [7, 11) is 0. The summed E-state index contributed by atoms with van der Waals surface area (Å²) >= 11 is 0. The molecule has 0 aliphatic carbocycles. The van der Waals surface area contributed by atoms with Crippen LogP contribution in [0.1, 0.15) is 28.2 Å². The standard InChI is InChI=1S/C16H15FN4O/c1-10-19-15-4-5-21(9-13(15)16(22)20-10)8-11-2-3-12(7-18)14(17)6-11/h2-3,6H,4-5,8-9H2,1H3,(H,19,20,22). The number of hydrogen-bond acceptors (Lipinski definition) is 4. The van der Waals surface area contributed by atoms with Crippen LogP contribution in [0.25, 0.3) is 0 Å². The maximum atomic E-state index is 13.6. The topological polar surface area (TPSA) is 72.8 Å². The number of nitrogens with zero attached hydrogens (tertiary/aromatic N) is 3. The van der Waals surface area contributed by atoms with E-state index in [1.165, 1.54) is 12.1 Å². The van der Waals surface area contributed by atoms with Crippen LogP contribution in [0.4, 0.5) is 4.39 Å². The zero-order chi connectivity index (χ0) is 15.7. The van der Waals surface area contributed by atoms with E-state index in [1.54, 1.807) is 13.0 Å². The Morgan fingerprint density at radius 1 is 1.50 bits per heavy atom. The van der Waals surface area contributed by atoms with E-state index in [2.05, 4.69) is 14.9 Å². The molecule has 0 atom stereocenters. The molecule has 3 rings (SSSR count). The van der Waals surface area contributed by atoms with Crippen LogP contribution in [0.2, 0.25) is 0 Å². The van der Waals surface area contributed by atoms with Crippen molar-refractivity contribution in [2.45, 2.75) is 26.4 Å². The van der Waals surface area contributed by atoms with Gasteiger partial charge in [-0.2, -0.15) is 5.26 Å². The molecule has 22 heavy (non-hydrogen) atoms. The van der Waals surface area contributed by atoms with Crippen molar-refractivity contribution in [2.24, 2.45) is 0 Å². The van der Waals surface area contributed by atoms with Gasteiger partial charge < -0.3 is 4.98 Å². The van der Waals surface area contributed by atoms with Crippen molar-refractivity contribution >= 4 is 0 Å². The van der Waals surface area contributed by atoms with Gasteiger partial charge in [0.15, 0.2) is 0 Å². The molecule has 1 aromatic carbocycles. The smallest absolute Gasteiger partial charge is 0.255 e. The molecule has 112 valence electrons. The molecule has 0 unspecified atom stereocenters. The van der Waals surface area contributed by atoms with Crippen LogP contribution in [0, 0.1) is 24.1 Å². The van der Waals surface area contributed by atoms with Crippen molar-refractivity contribution in [3.05, 3.63) is 62.6 Å². The molecule has 1 aromatic heterocycles. The third kappa shape index (κ3) is 2.76. The van der Waals surface area contributed by atoms with Crippen molar-refractivity contribution in [3.63, 3.8) is 0 Å². The molecular formula is C16H15FN4O. The molecule has 2 aromatic rings. The van der Waals surface area contributed by atoms with Gasteiger partial charge in [0.25, 0.3) is 5.56 Å². The van der Waals surface area contributed by atoms with Crippen molar-refractivity contribution < 1.29 is 4.39 Å². The fourth-order valence-corrected chi connectivity index (χ4v) is 2.75. The molecule has 2 heterocycles. The molecule has 0 saturated carbocycles. The van der Waals surface area contributed by atoms with E-state index >= 15 is 0 Å². The minimum absolute atomic E-state index is 0.0452. The minimum Gasteiger partial charge on any atom is -0.310 e. The number of aryl methyl sites for hydroxylation is 1. The van der Waals surface area contributed by atoms with Crippen molar-refractivity contribution in [1.82, 2.24) is 14.9 Å². The van der Waals surface area contributed by atoms with Gasteiger partial charge in [-0.3, -0.25) is 9.69 Å². The van der Waals surface area contributed by atoms with Crippen LogP contribution in [-0.2, 0) is 19.5 Å². The molecule has 6 heteroatoms. The summed E-state index contributed by atoms with van der Waals surface area (Å²) in [6, 6.07) is 6.42. The number of fused-ring (bicyclic) bond motifs is 1. The first-order valence-electron chi connectivity index (χ1n) is 7.06. The first kappa shape index (κ1) is 14.4. The van der Waals surface area contributed by atoms with E-state index in [4.69, 9.17) is 5.26 Å². The summed E-state index contributed by atoms with van der Waals surface area (Å²) in [5, 5.41) is 8.75. The van der Waals surface area contributed by atoms with Crippen LogP contribution >= 0.6 is 0 Å². The number of rotatable bonds is 2. The summed E-state index contributed by atoms with van der Waals surface area (Å²) in [6.07, 6.45) is 0.707. The molecule has 0 amide bonds. The number of nitriles is 1. The first-order valence-corrected chi connectivity index (χ1v) is 7.06. The Balaban J connectivity index is 1.80. The van der Waals surface area contributed by atoms with Crippen molar-refractivity contribution in [1.29, 1.82) is 5.26 Å². The van der Waals surface area contributed by atoms with E-state index in [1.807, 2.05) is 6.07 Å². The van der Waals surface area contributed by atoms with Crippen LogP contribution in [-0.4, -0.2) is 21.4 Å². The van der Waals surface area contributed by atoms with Gasteiger partial charge in [0.2, 0.25) is 0 Å². The highest BCUT2D eigenvalue weighted by atomic mass is 19.1. The number of hydrogen-bond donors (Lipinski definition) is 1. The summed E-state index contributed by atoms with van der Waals surface area (Å²) < 4.78 is 13.6. The van der Waals surface area contributed by atoms with Gasteiger partial charge in [0, 0.05) is 26.1 Å². The fourth-order valence-electron chi connectivity index (χ4n) is 2.75. The number of halogens is 1. The lowest BCUT2D eigenvalue weighted by atomic mass is 10.1. The highest BCUT2D eigenvalue weighted by Gasteiger charge is 2.20. The second kappa shape index (κ2) is 5.70. The largest absolute Gasteiger partial charge is 0.310 e. The maximum Gasteiger partial charge on any atom is 0.255 e. The fraction of sp³-hybridized carbons (Fsp3) is 0.312.